The van der Waals surface area contributed by atoms with E-state index >= 15 is 0 Å². The lowest BCUT2D eigenvalue weighted by Gasteiger charge is -2.22. The molecule has 0 aliphatic rings. The Bertz CT molecular complexity index is 2060. The van der Waals surface area contributed by atoms with Gasteiger partial charge in [0.05, 0.1) is 16.3 Å². The van der Waals surface area contributed by atoms with Crippen molar-refractivity contribution in [3.63, 3.8) is 0 Å². The van der Waals surface area contributed by atoms with E-state index in [1.54, 1.807) is 36.5 Å². The van der Waals surface area contributed by atoms with Crippen molar-refractivity contribution < 1.29 is 13.5 Å². The van der Waals surface area contributed by atoms with Crippen LogP contribution in [0.5, 0.6) is 5.75 Å². The first-order chi connectivity index (χ1) is 19.5. The summed E-state index contributed by atoms with van der Waals surface area (Å²) in [4.78, 5) is 5.04. The van der Waals surface area contributed by atoms with Gasteiger partial charge in [-0.25, -0.2) is 8.42 Å². The molecule has 0 spiro atoms. The number of benzene rings is 5. The molecule has 0 radical (unpaired) electrons. The molecule has 0 saturated heterocycles. The first-order valence-electron chi connectivity index (χ1n) is 13.5. The van der Waals surface area contributed by atoms with Crippen LogP contribution >= 0.6 is 11.6 Å². The highest BCUT2D eigenvalue weighted by Crippen LogP contribution is 2.44. The summed E-state index contributed by atoms with van der Waals surface area (Å²) in [5.41, 5.74) is 2.52. The predicted octanol–water partition coefficient (Wildman–Crippen LogP) is 9.13. The Morgan fingerprint density at radius 2 is 1.54 bits per heavy atom. The quantitative estimate of drug-likeness (QED) is 0.207. The van der Waals surface area contributed by atoms with Gasteiger partial charge in [-0.15, -0.1) is 0 Å². The van der Waals surface area contributed by atoms with Gasteiger partial charge in [0.2, 0.25) is 0 Å². The van der Waals surface area contributed by atoms with Crippen molar-refractivity contribution in [3.05, 3.63) is 113 Å². The van der Waals surface area contributed by atoms with E-state index in [0.29, 0.717) is 33.7 Å². The van der Waals surface area contributed by atoms with Gasteiger partial charge >= 0.3 is 0 Å². The highest BCUT2D eigenvalue weighted by atomic mass is 35.5. The Balaban J connectivity index is 1.69. The number of aromatic hydroxyl groups is 1. The molecule has 41 heavy (non-hydrogen) atoms. The second-order valence-electron chi connectivity index (χ2n) is 11.8. The molecule has 6 aromatic rings. The Labute approximate surface area is 245 Å². The summed E-state index contributed by atoms with van der Waals surface area (Å²) < 4.78 is 27.3. The van der Waals surface area contributed by atoms with Crippen molar-refractivity contribution in [2.75, 3.05) is 0 Å². The number of rotatable bonds is 5. The summed E-state index contributed by atoms with van der Waals surface area (Å²) >= 11 is 6.36. The normalized spacial score (nSPS) is 12.4. The fourth-order valence-electron chi connectivity index (χ4n) is 5.70. The van der Waals surface area contributed by atoms with Gasteiger partial charge in [0, 0.05) is 27.7 Å². The minimum atomic E-state index is -3.68. The van der Waals surface area contributed by atoms with Crippen LogP contribution in [0.1, 0.15) is 31.9 Å². The molecule has 4 nitrogen and oxygen atoms in total. The number of phenols is 1. The molecule has 0 saturated carbocycles. The Morgan fingerprint density at radius 3 is 2.29 bits per heavy atom. The van der Waals surface area contributed by atoms with Crippen LogP contribution in [0.4, 0.5) is 0 Å². The van der Waals surface area contributed by atoms with Gasteiger partial charge in [0.15, 0.2) is 9.84 Å². The molecule has 1 N–H and O–H groups in total. The average molecular weight is 580 g/mol. The summed E-state index contributed by atoms with van der Waals surface area (Å²) in [5, 5.41) is 17.7. The zero-order valence-corrected chi connectivity index (χ0v) is 24.7. The highest BCUT2D eigenvalue weighted by molar-refractivity contribution is 7.90. The number of fused-ring (bicyclic) bond motifs is 4. The molecule has 206 valence electrons. The first kappa shape index (κ1) is 27.3. The maximum Gasteiger partial charge on any atom is 0.182 e. The molecule has 6 rings (SSSR count). The first-order valence-corrected chi connectivity index (χ1v) is 15.6. The number of hydrogen-bond donors (Lipinski definition) is 1. The van der Waals surface area contributed by atoms with E-state index in [9.17, 15) is 13.5 Å². The van der Waals surface area contributed by atoms with Gasteiger partial charge in [0.25, 0.3) is 0 Å². The zero-order valence-electron chi connectivity index (χ0n) is 23.1. The maximum atomic E-state index is 13.7. The number of sulfone groups is 1. The van der Waals surface area contributed by atoms with Gasteiger partial charge in [-0.1, -0.05) is 80.9 Å². The lowest BCUT2D eigenvalue weighted by atomic mass is 9.84. The summed E-state index contributed by atoms with van der Waals surface area (Å²) in [6.07, 6.45) is 2.38. The molecular formula is C35H30ClNO3S. The minimum Gasteiger partial charge on any atom is -0.507 e. The fraction of sp³-hybridized carbons (Fsp3) is 0.171. The fourth-order valence-corrected chi connectivity index (χ4v) is 7.26. The highest BCUT2D eigenvalue weighted by Gasteiger charge is 2.24. The van der Waals surface area contributed by atoms with Crippen molar-refractivity contribution in [1.29, 1.82) is 0 Å². The van der Waals surface area contributed by atoms with Crippen molar-refractivity contribution >= 4 is 53.8 Å². The number of aromatic nitrogens is 1. The van der Waals surface area contributed by atoms with Crippen LogP contribution in [-0.2, 0) is 22.0 Å². The lowest BCUT2D eigenvalue weighted by molar-refractivity contribution is 0.397. The summed E-state index contributed by atoms with van der Waals surface area (Å²) in [7, 11) is -3.68. The molecule has 0 unspecified atom stereocenters. The van der Waals surface area contributed by atoms with Gasteiger partial charge in [0.1, 0.15) is 5.75 Å². The lowest BCUT2D eigenvalue weighted by Crippen LogP contribution is -2.10. The standard InChI is InChI=1S/C35H30ClNO3S/c1-35(2,3)20-31-27-12-8-7-9-22(27)19-30(34(31)38)33-32-24(21-41(39,40)26-10-5-4-6-11-26)17-23-18-25(36)13-14-28(23)29(32)15-16-37-33/h4-19,38H,20-21H2,1-3H3. The third-order valence-electron chi connectivity index (χ3n) is 7.44. The van der Waals surface area contributed by atoms with E-state index < -0.39 is 9.84 Å². The number of pyridine rings is 1. The van der Waals surface area contributed by atoms with E-state index in [2.05, 4.69) is 20.8 Å². The van der Waals surface area contributed by atoms with Gasteiger partial charge < -0.3 is 5.11 Å². The number of halogens is 1. The van der Waals surface area contributed by atoms with Crippen LogP contribution in [0.2, 0.25) is 5.02 Å². The minimum absolute atomic E-state index is 0.0740. The second-order valence-corrected chi connectivity index (χ2v) is 14.2. The van der Waals surface area contributed by atoms with E-state index in [1.165, 1.54) is 0 Å². The topological polar surface area (TPSA) is 67.3 Å². The summed E-state index contributed by atoms with van der Waals surface area (Å²) in [6.45, 7) is 6.44. The molecule has 0 aliphatic carbocycles. The second kappa shape index (κ2) is 10.2. The largest absolute Gasteiger partial charge is 0.507 e. The zero-order chi connectivity index (χ0) is 28.9. The van der Waals surface area contributed by atoms with Crippen molar-refractivity contribution in [1.82, 2.24) is 4.98 Å². The SMILES string of the molecule is CC(C)(C)Cc1c(O)c(-c2nccc3c2c(CS(=O)(=O)c2ccccc2)cc2cc(Cl)ccc23)cc2ccccc12. The third-order valence-corrected chi connectivity index (χ3v) is 9.36. The summed E-state index contributed by atoms with van der Waals surface area (Å²) in [6, 6.07) is 27.9. The predicted molar refractivity (Wildman–Crippen MR) is 169 cm³/mol. The van der Waals surface area contributed by atoms with E-state index in [4.69, 9.17) is 16.6 Å². The van der Waals surface area contributed by atoms with Crippen LogP contribution < -0.4 is 0 Å². The summed E-state index contributed by atoms with van der Waals surface area (Å²) in [5.74, 6) is -0.0515. The van der Waals surface area contributed by atoms with E-state index in [-0.39, 0.29) is 21.8 Å². The monoisotopic (exact) mass is 579 g/mol. The molecule has 1 aromatic heterocycles. The molecule has 0 fully saturated rings. The number of phenolic OH excluding ortho intramolecular Hbond substituents is 1. The van der Waals surface area contributed by atoms with Gasteiger partial charge in [-0.3, -0.25) is 4.98 Å². The van der Waals surface area contributed by atoms with Gasteiger partial charge in [-0.2, -0.15) is 0 Å². The van der Waals surface area contributed by atoms with Crippen LogP contribution in [0, 0.1) is 5.41 Å². The Morgan fingerprint density at radius 1 is 0.805 bits per heavy atom. The van der Waals surface area contributed by atoms with Crippen LogP contribution in [-0.4, -0.2) is 18.5 Å². The van der Waals surface area contributed by atoms with Crippen molar-refractivity contribution in [2.24, 2.45) is 5.41 Å². The smallest absolute Gasteiger partial charge is 0.182 e. The molecule has 0 bridgehead atoms. The molecular weight excluding hydrogens is 550 g/mol. The maximum absolute atomic E-state index is 13.7. The van der Waals surface area contributed by atoms with E-state index in [1.807, 2.05) is 60.7 Å². The van der Waals surface area contributed by atoms with Gasteiger partial charge in [-0.05, 0) is 86.8 Å². The number of nitrogens with zero attached hydrogens (tertiary/aromatic N) is 1. The molecule has 0 aliphatic heterocycles. The molecule has 1 heterocycles. The van der Waals surface area contributed by atoms with Crippen LogP contribution in [0.25, 0.3) is 43.6 Å². The molecule has 6 heteroatoms. The molecule has 5 aromatic carbocycles. The van der Waals surface area contributed by atoms with Crippen LogP contribution in [0.3, 0.4) is 0 Å². The van der Waals surface area contributed by atoms with E-state index in [0.717, 1.165) is 32.5 Å². The van der Waals surface area contributed by atoms with Crippen LogP contribution in [0.15, 0.2) is 102 Å². The molecule has 0 amide bonds. The van der Waals surface area contributed by atoms with Crippen molar-refractivity contribution in [3.8, 4) is 17.0 Å². The Hall–Kier alpha value is -3.93. The third kappa shape index (κ3) is 5.16. The number of hydrogen-bond acceptors (Lipinski definition) is 4. The van der Waals surface area contributed by atoms with Crippen molar-refractivity contribution in [2.45, 2.75) is 37.8 Å². The molecule has 0 atom stereocenters. The average Bonchev–Trinajstić information content (AvgIpc) is 2.93. The Kier molecular flexibility index (Phi) is 6.75.